The Morgan fingerprint density at radius 2 is 1.79 bits per heavy atom. The minimum atomic E-state index is -0.416. The van der Waals surface area contributed by atoms with Crippen molar-refractivity contribution in [3.05, 3.63) is 76.0 Å². The molecule has 0 saturated heterocycles. The van der Waals surface area contributed by atoms with Gasteiger partial charge in [0.15, 0.2) is 0 Å². The Kier molecular flexibility index (Phi) is 8.64. The molecule has 0 aliphatic heterocycles. The van der Waals surface area contributed by atoms with E-state index in [0.717, 1.165) is 0 Å². The van der Waals surface area contributed by atoms with Crippen LogP contribution in [0.4, 0.5) is 5.69 Å². The number of aliphatic hydroxyl groups excluding tert-OH is 1. The van der Waals surface area contributed by atoms with E-state index in [1.165, 1.54) is 4.57 Å². The van der Waals surface area contributed by atoms with Crippen LogP contribution in [0.2, 0.25) is 0 Å². The van der Waals surface area contributed by atoms with Crippen molar-refractivity contribution in [1.82, 2.24) is 9.55 Å². The first-order valence-electron chi connectivity index (χ1n) is 10.9. The summed E-state index contributed by atoms with van der Waals surface area (Å²) in [7, 11) is 1.58. The Balaban J connectivity index is 1.86. The smallest absolute Gasteiger partial charge is 0.257 e. The summed E-state index contributed by atoms with van der Waals surface area (Å²) < 4.78 is 17.8. The summed E-state index contributed by atoms with van der Waals surface area (Å²) in [4.78, 5) is 30.6. The number of aromatic nitrogens is 2. The SMILES string of the molecule is CCOc1ccccc1NC(=O)Cn1c(COc2ccc(OC)cc2)nc(C)c(CCO)c1=O. The number of benzene rings is 2. The minimum Gasteiger partial charge on any atom is -0.497 e. The van der Waals surface area contributed by atoms with Gasteiger partial charge in [-0.05, 0) is 50.2 Å². The molecule has 0 spiro atoms. The first-order chi connectivity index (χ1) is 16.5. The zero-order chi connectivity index (χ0) is 24.5. The molecule has 2 N–H and O–H groups in total. The number of carbonyl (C=O) groups is 1. The van der Waals surface area contributed by atoms with Gasteiger partial charge in [0, 0.05) is 24.3 Å². The van der Waals surface area contributed by atoms with E-state index in [0.29, 0.717) is 46.6 Å². The molecule has 2 aromatic carbocycles. The maximum absolute atomic E-state index is 13.2. The van der Waals surface area contributed by atoms with Crippen LogP contribution in [0.5, 0.6) is 17.2 Å². The van der Waals surface area contributed by atoms with Crippen molar-refractivity contribution in [2.24, 2.45) is 0 Å². The molecule has 180 valence electrons. The highest BCUT2D eigenvalue weighted by molar-refractivity contribution is 5.92. The summed E-state index contributed by atoms with van der Waals surface area (Å²) in [5, 5.41) is 12.2. The number of ether oxygens (including phenoxy) is 3. The maximum atomic E-state index is 13.2. The van der Waals surface area contributed by atoms with Gasteiger partial charge in [-0.2, -0.15) is 0 Å². The summed E-state index contributed by atoms with van der Waals surface area (Å²) in [5.74, 6) is 1.68. The zero-order valence-corrected chi connectivity index (χ0v) is 19.5. The van der Waals surface area contributed by atoms with Crippen LogP contribution in [0.25, 0.3) is 0 Å². The van der Waals surface area contributed by atoms with Gasteiger partial charge < -0.3 is 24.6 Å². The van der Waals surface area contributed by atoms with Crippen LogP contribution in [0, 0.1) is 6.92 Å². The zero-order valence-electron chi connectivity index (χ0n) is 19.5. The molecule has 0 atom stereocenters. The van der Waals surface area contributed by atoms with Crippen molar-refractivity contribution >= 4 is 11.6 Å². The molecule has 9 heteroatoms. The number of hydrogen-bond acceptors (Lipinski definition) is 7. The predicted molar refractivity (Wildman–Crippen MR) is 128 cm³/mol. The van der Waals surface area contributed by atoms with Crippen LogP contribution in [0.1, 0.15) is 24.0 Å². The number of anilines is 1. The fourth-order valence-electron chi connectivity index (χ4n) is 3.43. The standard InChI is InChI=1S/C25H29N3O6/c1-4-33-22-8-6-5-7-21(22)27-24(30)15-28-23(26-17(2)20(13-14-29)25(28)31)16-34-19-11-9-18(32-3)10-12-19/h5-12,29H,4,13-16H2,1-3H3,(H,27,30). The monoisotopic (exact) mass is 467 g/mol. The van der Waals surface area contributed by atoms with Crippen LogP contribution < -0.4 is 25.1 Å². The van der Waals surface area contributed by atoms with Gasteiger partial charge in [-0.3, -0.25) is 14.2 Å². The molecule has 1 heterocycles. The highest BCUT2D eigenvalue weighted by Crippen LogP contribution is 2.23. The van der Waals surface area contributed by atoms with E-state index in [1.54, 1.807) is 56.5 Å². The molecule has 3 rings (SSSR count). The third-order valence-corrected chi connectivity index (χ3v) is 5.10. The van der Waals surface area contributed by atoms with Crippen molar-refractivity contribution in [2.75, 3.05) is 25.6 Å². The van der Waals surface area contributed by atoms with Gasteiger partial charge >= 0.3 is 0 Å². The van der Waals surface area contributed by atoms with Gasteiger partial charge in [-0.1, -0.05) is 12.1 Å². The lowest BCUT2D eigenvalue weighted by Gasteiger charge is -2.17. The molecule has 0 saturated carbocycles. The molecule has 0 bridgehead atoms. The van der Waals surface area contributed by atoms with Crippen LogP contribution in [0.3, 0.4) is 0 Å². The van der Waals surface area contributed by atoms with Gasteiger partial charge in [0.2, 0.25) is 5.91 Å². The number of amides is 1. The summed E-state index contributed by atoms with van der Waals surface area (Å²) in [5.41, 5.74) is 0.973. The van der Waals surface area contributed by atoms with Crippen molar-refractivity contribution in [1.29, 1.82) is 0 Å². The Bertz CT molecular complexity index is 1170. The van der Waals surface area contributed by atoms with Crippen molar-refractivity contribution in [2.45, 2.75) is 33.4 Å². The highest BCUT2D eigenvalue weighted by Gasteiger charge is 2.18. The third kappa shape index (κ3) is 6.14. The topological polar surface area (TPSA) is 112 Å². The number of aryl methyl sites for hydroxylation is 1. The van der Waals surface area contributed by atoms with Gasteiger partial charge in [-0.15, -0.1) is 0 Å². The first-order valence-corrected chi connectivity index (χ1v) is 10.9. The molecule has 3 aromatic rings. The molecule has 1 amide bonds. The predicted octanol–water partition coefficient (Wildman–Crippen LogP) is 2.71. The van der Waals surface area contributed by atoms with E-state index < -0.39 is 5.91 Å². The van der Waals surface area contributed by atoms with E-state index in [4.69, 9.17) is 14.2 Å². The normalized spacial score (nSPS) is 10.6. The van der Waals surface area contributed by atoms with E-state index >= 15 is 0 Å². The largest absolute Gasteiger partial charge is 0.497 e. The molecule has 34 heavy (non-hydrogen) atoms. The summed E-state index contributed by atoms with van der Waals surface area (Å²) in [6.07, 6.45) is 0.145. The number of carbonyl (C=O) groups excluding carboxylic acids is 1. The van der Waals surface area contributed by atoms with Crippen LogP contribution in [0.15, 0.2) is 53.3 Å². The number of nitrogens with zero attached hydrogens (tertiary/aromatic N) is 2. The Hall–Kier alpha value is -3.85. The van der Waals surface area contributed by atoms with Crippen LogP contribution in [-0.2, 0) is 24.4 Å². The lowest BCUT2D eigenvalue weighted by atomic mass is 10.1. The quantitative estimate of drug-likeness (QED) is 0.446. The van der Waals surface area contributed by atoms with E-state index in [9.17, 15) is 14.7 Å². The lowest BCUT2D eigenvalue weighted by molar-refractivity contribution is -0.116. The number of para-hydroxylation sites is 2. The second-order valence-corrected chi connectivity index (χ2v) is 7.40. The Morgan fingerprint density at radius 3 is 2.47 bits per heavy atom. The van der Waals surface area contributed by atoms with Crippen LogP contribution in [-0.4, -0.2) is 40.9 Å². The first kappa shape index (κ1) is 24.8. The molecule has 0 aliphatic rings. The molecule has 0 aliphatic carbocycles. The Morgan fingerprint density at radius 1 is 1.09 bits per heavy atom. The van der Waals surface area contributed by atoms with E-state index in [1.807, 2.05) is 13.0 Å². The minimum absolute atomic E-state index is 0.0232. The average Bonchev–Trinajstić information content (AvgIpc) is 2.84. The van der Waals surface area contributed by atoms with Crippen molar-refractivity contribution < 1.29 is 24.1 Å². The fourth-order valence-corrected chi connectivity index (χ4v) is 3.43. The number of rotatable bonds is 11. The van der Waals surface area contributed by atoms with Gasteiger partial charge in [-0.25, -0.2) is 4.98 Å². The fraction of sp³-hybridized carbons (Fsp3) is 0.320. The number of nitrogens with one attached hydrogen (secondary N) is 1. The van der Waals surface area contributed by atoms with E-state index in [2.05, 4.69) is 10.3 Å². The van der Waals surface area contributed by atoms with Gasteiger partial charge in [0.25, 0.3) is 5.56 Å². The molecule has 0 radical (unpaired) electrons. The summed E-state index contributed by atoms with van der Waals surface area (Å²) >= 11 is 0. The van der Waals surface area contributed by atoms with Crippen molar-refractivity contribution in [3.63, 3.8) is 0 Å². The molecule has 1 aromatic heterocycles. The third-order valence-electron chi connectivity index (χ3n) is 5.10. The summed E-state index contributed by atoms with van der Waals surface area (Å²) in [6.45, 7) is 3.51. The number of hydrogen-bond donors (Lipinski definition) is 2. The Labute approximate surface area is 197 Å². The van der Waals surface area contributed by atoms with Gasteiger partial charge in [0.05, 0.1) is 19.4 Å². The highest BCUT2D eigenvalue weighted by atomic mass is 16.5. The number of methoxy groups -OCH3 is 1. The molecule has 0 fully saturated rings. The van der Waals surface area contributed by atoms with Crippen LogP contribution >= 0.6 is 0 Å². The molecule has 0 unspecified atom stereocenters. The maximum Gasteiger partial charge on any atom is 0.257 e. The molecular formula is C25H29N3O6. The van der Waals surface area contributed by atoms with Gasteiger partial charge in [0.1, 0.15) is 36.2 Å². The lowest BCUT2D eigenvalue weighted by Crippen LogP contribution is -2.34. The number of aliphatic hydroxyl groups is 1. The summed E-state index contributed by atoms with van der Waals surface area (Å²) in [6, 6.07) is 14.1. The average molecular weight is 468 g/mol. The molecule has 9 nitrogen and oxygen atoms in total. The van der Waals surface area contributed by atoms with Crippen molar-refractivity contribution in [3.8, 4) is 17.2 Å². The second kappa shape index (κ2) is 11.9. The van der Waals surface area contributed by atoms with E-state index in [-0.39, 0.29) is 31.7 Å². The second-order valence-electron chi connectivity index (χ2n) is 7.40. The molecular weight excluding hydrogens is 438 g/mol.